The first-order valence-corrected chi connectivity index (χ1v) is 13.1. The Labute approximate surface area is 242 Å². The van der Waals surface area contributed by atoms with Crippen LogP contribution in [-0.4, -0.2) is 61.8 Å². The molecule has 3 heterocycles. The number of phenolic OH excluding ortho intramolecular Hbond substituents is 2. The van der Waals surface area contributed by atoms with Crippen molar-refractivity contribution in [3.63, 3.8) is 0 Å². The Kier molecular flexibility index (Phi) is 6.31. The summed E-state index contributed by atoms with van der Waals surface area (Å²) >= 11 is 0. The van der Waals surface area contributed by atoms with Crippen molar-refractivity contribution in [2.45, 2.75) is 6.92 Å². The summed E-state index contributed by atoms with van der Waals surface area (Å²) in [7, 11) is 0. The van der Waals surface area contributed by atoms with E-state index in [0.29, 0.717) is 33.4 Å². The molecular formula is C29H21N9O5. The van der Waals surface area contributed by atoms with Crippen molar-refractivity contribution in [3.8, 4) is 52.4 Å². The minimum Gasteiger partial charge on any atom is -0.505 e. The molecule has 14 heteroatoms. The quantitative estimate of drug-likeness (QED) is 0.256. The molecule has 0 saturated carbocycles. The second-order valence-corrected chi connectivity index (χ2v) is 9.08. The van der Waals surface area contributed by atoms with Gasteiger partial charge in [-0.1, -0.05) is 24.3 Å². The largest absolute Gasteiger partial charge is 0.505 e. The summed E-state index contributed by atoms with van der Waals surface area (Å²) in [5.41, 5.74) is 3.49. The van der Waals surface area contributed by atoms with Gasteiger partial charge in [-0.3, -0.25) is 0 Å². The lowest BCUT2D eigenvalue weighted by atomic mass is 10.3. The van der Waals surface area contributed by atoms with Gasteiger partial charge in [-0.2, -0.15) is 0 Å². The van der Waals surface area contributed by atoms with E-state index in [-0.39, 0.29) is 47.6 Å². The second kappa shape index (κ2) is 10.6. The highest BCUT2D eigenvalue weighted by Crippen LogP contribution is 2.32. The highest BCUT2D eigenvalue weighted by atomic mass is 16.5. The van der Waals surface area contributed by atoms with Crippen molar-refractivity contribution in [1.82, 2.24) is 44.9 Å². The molecule has 3 aromatic heterocycles. The number of hydrogen-bond acceptors (Lipinski definition) is 12. The first kappa shape index (κ1) is 25.6. The summed E-state index contributed by atoms with van der Waals surface area (Å²) in [6, 6.07) is 23.6. The van der Waals surface area contributed by atoms with Crippen molar-refractivity contribution < 1.29 is 24.4 Å². The Morgan fingerprint density at radius 3 is 1.33 bits per heavy atom. The number of hydrogen-bond donors (Lipinski definition) is 2. The Morgan fingerprint density at radius 1 is 0.558 bits per heavy atom. The molecule has 2 N–H and O–H groups in total. The van der Waals surface area contributed by atoms with E-state index in [1.807, 2.05) is 48.5 Å². The van der Waals surface area contributed by atoms with Crippen LogP contribution in [0.4, 0.5) is 0 Å². The van der Waals surface area contributed by atoms with Gasteiger partial charge < -0.3 is 24.4 Å². The van der Waals surface area contributed by atoms with Crippen LogP contribution in [0.1, 0.15) is 6.92 Å². The topological polar surface area (TPSA) is 168 Å². The molecule has 7 aromatic rings. The maximum atomic E-state index is 10.7. The van der Waals surface area contributed by atoms with E-state index in [9.17, 15) is 10.2 Å². The smallest absolute Gasteiger partial charge is 0.331 e. The van der Waals surface area contributed by atoms with Gasteiger partial charge in [-0.05, 0) is 55.5 Å². The molecule has 4 aromatic carbocycles. The van der Waals surface area contributed by atoms with Crippen LogP contribution < -0.4 is 14.2 Å². The van der Waals surface area contributed by atoms with E-state index < -0.39 is 0 Å². The van der Waals surface area contributed by atoms with Crippen molar-refractivity contribution >= 4 is 22.1 Å². The zero-order valence-electron chi connectivity index (χ0n) is 22.4. The summed E-state index contributed by atoms with van der Waals surface area (Å²) in [5.74, 6) is 0.226. The minimum atomic E-state index is -0.142. The Hall–Kier alpha value is -6.31. The first-order chi connectivity index (χ1) is 21.0. The molecule has 0 amide bonds. The fraction of sp³-hybridized carbons (Fsp3) is 0.0690. The van der Waals surface area contributed by atoms with Crippen LogP contribution in [0.3, 0.4) is 0 Å². The Balaban J connectivity index is 1.13. The van der Waals surface area contributed by atoms with Gasteiger partial charge in [0.05, 0.1) is 6.61 Å². The molecule has 212 valence electrons. The summed E-state index contributed by atoms with van der Waals surface area (Å²) in [6.07, 6.45) is 0. The summed E-state index contributed by atoms with van der Waals surface area (Å²) in [6.45, 7) is 2.06. The minimum absolute atomic E-state index is 0.0379. The van der Waals surface area contributed by atoms with E-state index in [1.165, 1.54) is 21.7 Å². The number of fused-ring (bicyclic) bond motifs is 2. The maximum Gasteiger partial charge on any atom is 0.331 e. The molecule has 14 nitrogen and oxygen atoms in total. The SMILES string of the molecule is CCOc1nc(Oc2ccc(-n3nc4ccccc4n3)c(O)c2)nc(Oc2ccc(-n3nc4ccccc4n3)c(O)c2)n1. The first-order valence-electron chi connectivity index (χ1n) is 13.1. The number of aromatic hydroxyl groups is 2. The molecule has 7 rings (SSSR count). The lowest BCUT2D eigenvalue weighted by Crippen LogP contribution is -2.04. The number of rotatable bonds is 8. The summed E-state index contributed by atoms with van der Waals surface area (Å²) in [4.78, 5) is 15.2. The van der Waals surface area contributed by atoms with Gasteiger partial charge in [0.1, 0.15) is 56.4 Å². The standard InChI is InChI=1S/C29H21N9O5/c1-2-41-27-30-28(42-17-11-13-23(25(39)15-17)37-33-19-7-3-4-8-20(19)34-37)32-29(31-27)43-18-12-14-24(26(40)16-18)38-35-21-9-5-6-10-22(21)36-38/h3-16,39-40H,2H2,1H3. The number of benzene rings is 4. The molecule has 0 spiro atoms. The third kappa shape index (κ3) is 5.15. The molecule has 0 unspecified atom stereocenters. The predicted molar refractivity (Wildman–Crippen MR) is 152 cm³/mol. The highest BCUT2D eigenvalue weighted by molar-refractivity contribution is 5.74. The normalized spacial score (nSPS) is 11.2. The van der Waals surface area contributed by atoms with Crippen LogP contribution in [0.2, 0.25) is 0 Å². The van der Waals surface area contributed by atoms with Gasteiger partial charge in [0, 0.05) is 12.1 Å². The molecule has 0 radical (unpaired) electrons. The van der Waals surface area contributed by atoms with Gasteiger partial charge in [0.2, 0.25) is 0 Å². The molecule has 0 aliphatic carbocycles. The van der Waals surface area contributed by atoms with Crippen LogP contribution in [-0.2, 0) is 0 Å². The summed E-state index contributed by atoms with van der Waals surface area (Å²) in [5, 5.41) is 38.9. The molecule has 0 atom stereocenters. The lowest BCUT2D eigenvalue weighted by molar-refractivity contribution is 0.292. The van der Waals surface area contributed by atoms with Crippen molar-refractivity contribution in [1.29, 1.82) is 0 Å². The van der Waals surface area contributed by atoms with Gasteiger partial charge in [-0.15, -0.1) is 44.9 Å². The fourth-order valence-electron chi connectivity index (χ4n) is 4.22. The zero-order chi connectivity index (χ0) is 29.3. The maximum absolute atomic E-state index is 10.7. The fourth-order valence-corrected chi connectivity index (χ4v) is 4.22. The van der Waals surface area contributed by atoms with Gasteiger partial charge in [0.25, 0.3) is 0 Å². The second-order valence-electron chi connectivity index (χ2n) is 9.08. The van der Waals surface area contributed by atoms with Gasteiger partial charge in [0.15, 0.2) is 0 Å². The van der Waals surface area contributed by atoms with E-state index >= 15 is 0 Å². The number of aromatic nitrogens is 9. The molecule has 0 saturated heterocycles. The van der Waals surface area contributed by atoms with Crippen LogP contribution in [0.15, 0.2) is 84.9 Å². The van der Waals surface area contributed by atoms with E-state index in [0.717, 1.165) is 0 Å². The number of nitrogens with zero attached hydrogens (tertiary/aromatic N) is 9. The lowest BCUT2D eigenvalue weighted by Gasteiger charge is -2.11. The van der Waals surface area contributed by atoms with Crippen LogP contribution >= 0.6 is 0 Å². The van der Waals surface area contributed by atoms with Crippen LogP contribution in [0.25, 0.3) is 33.4 Å². The molecule has 0 aliphatic heterocycles. The van der Waals surface area contributed by atoms with Crippen molar-refractivity contribution in [2.75, 3.05) is 6.61 Å². The van der Waals surface area contributed by atoms with Crippen LogP contribution in [0, 0.1) is 0 Å². The van der Waals surface area contributed by atoms with Gasteiger partial charge >= 0.3 is 18.0 Å². The number of ether oxygens (including phenoxy) is 3. The van der Waals surface area contributed by atoms with Gasteiger partial charge in [-0.25, -0.2) is 0 Å². The monoisotopic (exact) mass is 575 g/mol. The van der Waals surface area contributed by atoms with Crippen LogP contribution in [0.5, 0.6) is 41.0 Å². The molecule has 0 aliphatic rings. The Morgan fingerprint density at radius 2 is 0.953 bits per heavy atom. The average Bonchev–Trinajstić information content (AvgIpc) is 3.62. The molecule has 0 fully saturated rings. The third-order valence-corrected chi connectivity index (χ3v) is 6.16. The Bertz CT molecular complexity index is 1900. The molecular weight excluding hydrogens is 554 g/mol. The van der Waals surface area contributed by atoms with E-state index in [1.54, 1.807) is 31.2 Å². The number of phenols is 2. The summed E-state index contributed by atoms with van der Waals surface area (Å²) < 4.78 is 17.1. The molecule has 43 heavy (non-hydrogen) atoms. The van der Waals surface area contributed by atoms with E-state index in [2.05, 4.69) is 35.3 Å². The molecule has 0 bridgehead atoms. The third-order valence-electron chi connectivity index (χ3n) is 6.16. The van der Waals surface area contributed by atoms with Crippen molar-refractivity contribution in [3.05, 3.63) is 84.9 Å². The zero-order valence-corrected chi connectivity index (χ0v) is 22.4. The highest BCUT2D eigenvalue weighted by Gasteiger charge is 2.16. The van der Waals surface area contributed by atoms with E-state index in [4.69, 9.17) is 14.2 Å². The predicted octanol–water partition coefficient (Wildman–Crippen LogP) is 4.73. The van der Waals surface area contributed by atoms with Crippen molar-refractivity contribution in [2.24, 2.45) is 0 Å². The average molecular weight is 576 g/mol.